The molecule has 80 valence electrons. The van der Waals surface area contributed by atoms with Crippen LogP contribution in [0.4, 0.5) is 0 Å². The standard InChI is InChI=1S/C13H22O/c1-9-12(2)7-5-4-6-10(12)8-11-13(9,3)14-11/h9-11H,4-8H2,1-3H3/t9-,10-,11-,12-,13+/m1/s1. The van der Waals surface area contributed by atoms with Gasteiger partial charge >= 0.3 is 0 Å². The van der Waals surface area contributed by atoms with Gasteiger partial charge in [0.2, 0.25) is 0 Å². The molecule has 3 aliphatic rings. The van der Waals surface area contributed by atoms with Crippen molar-refractivity contribution in [3.8, 4) is 0 Å². The van der Waals surface area contributed by atoms with Crippen LogP contribution in [-0.4, -0.2) is 11.7 Å². The summed E-state index contributed by atoms with van der Waals surface area (Å²) < 4.78 is 5.93. The summed E-state index contributed by atoms with van der Waals surface area (Å²) >= 11 is 0. The minimum absolute atomic E-state index is 0.253. The molecule has 1 aliphatic heterocycles. The highest BCUT2D eigenvalue weighted by Crippen LogP contribution is 2.63. The van der Waals surface area contributed by atoms with Crippen LogP contribution in [0, 0.1) is 17.3 Å². The Bertz CT molecular complexity index is 262. The predicted octanol–water partition coefficient (Wildman–Crippen LogP) is 3.38. The van der Waals surface area contributed by atoms with Crippen LogP contribution in [0.2, 0.25) is 0 Å². The first kappa shape index (κ1) is 9.21. The van der Waals surface area contributed by atoms with Crippen molar-refractivity contribution in [1.82, 2.24) is 0 Å². The first-order chi connectivity index (χ1) is 6.57. The molecule has 1 heteroatoms. The lowest BCUT2D eigenvalue weighted by atomic mass is 9.53. The Labute approximate surface area is 87.2 Å². The molecule has 2 saturated carbocycles. The van der Waals surface area contributed by atoms with E-state index in [-0.39, 0.29) is 5.60 Å². The zero-order chi connectivity index (χ0) is 9.97. The van der Waals surface area contributed by atoms with Gasteiger partial charge in [-0.3, -0.25) is 0 Å². The number of hydrogen-bond acceptors (Lipinski definition) is 1. The van der Waals surface area contributed by atoms with Crippen molar-refractivity contribution < 1.29 is 4.74 Å². The molecule has 0 N–H and O–H groups in total. The van der Waals surface area contributed by atoms with Gasteiger partial charge in [-0.05, 0) is 43.4 Å². The van der Waals surface area contributed by atoms with E-state index in [9.17, 15) is 0 Å². The summed E-state index contributed by atoms with van der Waals surface area (Å²) in [6.07, 6.45) is 7.74. The molecule has 0 amide bonds. The molecule has 5 atom stereocenters. The van der Waals surface area contributed by atoms with Crippen LogP contribution in [-0.2, 0) is 4.74 Å². The Kier molecular flexibility index (Phi) is 1.68. The third-order valence-corrected chi connectivity index (χ3v) is 5.78. The van der Waals surface area contributed by atoms with Crippen molar-refractivity contribution in [1.29, 1.82) is 0 Å². The van der Waals surface area contributed by atoms with Gasteiger partial charge in [0.15, 0.2) is 0 Å². The quantitative estimate of drug-likeness (QED) is 0.539. The van der Waals surface area contributed by atoms with Crippen molar-refractivity contribution in [2.75, 3.05) is 0 Å². The average molecular weight is 194 g/mol. The minimum Gasteiger partial charge on any atom is -0.366 e. The van der Waals surface area contributed by atoms with Crippen molar-refractivity contribution in [3.63, 3.8) is 0 Å². The molecule has 0 spiro atoms. The minimum atomic E-state index is 0.253. The van der Waals surface area contributed by atoms with Gasteiger partial charge in [-0.1, -0.05) is 26.7 Å². The second-order valence-electron chi connectivity index (χ2n) is 6.20. The van der Waals surface area contributed by atoms with Gasteiger partial charge in [0.1, 0.15) is 0 Å². The Morgan fingerprint density at radius 3 is 2.79 bits per heavy atom. The van der Waals surface area contributed by atoms with E-state index < -0.39 is 0 Å². The van der Waals surface area contributed by atoms with E-state index >= 15 is 0 Å². The molecule has 1 saturated heterocycles. The first-order valence-corrected chi connectivity index (χ1v) is 6.25. The van der Waals surface area contributed by atoms with E-state index in [1.54, 1.807) is 0 Å². The molecular weight excluding hydrogens is 172 g/mol. The van der Waals surface area contributed by atoms with Crippen molar-refractivity contribution in [3.05, 3.63) is 0 Å². The maximum atomic E-state index is 5.93. The monoisotopic (exact) mass is 194 g/mol. The van der Waals surface area contributed by atoms with Crippen LogP contribution < -0.4 is 0 Å². The maximum Gasteiger partial charge on any atom is 0.0951 e. The highest BCUT2D eigenvalue weighted by molar-refractivity contribution is 5.14. The highest BCUT2D eigenvalue weighted by atomic mass is 16.6. The molecule has 2 aliphatic carbocycles. The summed E-state index contributed by atoms with van der Waals surface area (Å²) in [6, 6.07) is 0. The van der Waals surface area contributed by atoms with Crippen LogP contribution in [0.15, 0.2) is 0 Å². The lowest BCUT2D eigenvalue weighted by Gasteiger charge is -2.50. The second-order valence-corrected chi connectivity index (χ2v) is 6.20. The van der Waals surface area contributed by atoms with Gasteiger partial charge in [-0.15, -0.1) is 0 Å². The second kappa shape index (κ2) is 2.55. The number of rotatable bonds is 0. The molecule has 0 aromatic carbocycles. The maximum absolute atomic E-state index is 5.93. The van der Waals surface area contributed by atoms with Crippen LogP contribution in [0.5, 0.6) is 0 Å². The smallest absolute Gasteiger partial charge is 0.0951 e. The van der Waals surface area contributed by atoms with Crippen LogP contribution in [0.1, 0.15) is 52.9 Å². The molecule has 14 heavy (non-hydrogen) atoms. The summed E-state index contributed by atoms with van der Waals surface area (Å²) in [6.45, 7) is 7.28. The lowest BCUT2D eigenvalue weighted by molar-refractivity contribution is -0.000765. The molecule has 1 nitrogen and oxygen atoms in total. The molecule has 0 radical (unpaired) electrons. The molecule has 0 aromatic rings. The average Bonchev–Trinajstić information content (AvgIpc) is 2.81. The van der Waals surface area contributed by atoms with Gasteiger partial charge in [-0.2, -0.15) is 0 Å². The Hall–Kier alpha value is -0.0400. The number of hydrogen-bond donors (Lipinski definition) is 0. The van der Waals surface area contributed by atoms with E-state index in [2.05, 4.69) is 20.8 Å². The Balaban J connectivity index is 1.92. The highest BCUT2D eigenvalue weighted by Gasteiger charge is 2.66. The van der Waals surface area contributed by atoms with Gasteiger partial charge in [0, 0.05) is 0 Å². The number of ether oxygens (including phenoxy) is 1. The van der Waals surface area contributed by atoms with Crippen LogP contribution >= 0.6 is 0 Å². The third kappa shape index (κ3) is 0.946. The summed E-state index contributed by atoms with van der Waals surface area (Å²) in [7, 11) is 0. The topological polar surface area (TPSA) is 12.5 Å². The largest absolute Gasteiger partial charge is 0.366 e. The first-order valence-electron chi connectivity index (χ1n) is 6.25. The predicted molar refractivity (Wildman–Crippen MR) is 57.1 cm³/mol. The fourth-order valence-corrected chi connectivity index (χ4v) is 4.24. The van der Waals surface area contributed by atoms with Gasteiger partial charge < -0.3 is 4.74 Å². The van der Waals surface area contributed by atoms with E-state index in [0.29, 0.717) is 11.5 Å². The SMILES string of the molecule is C[C@@H]1[C@@]2(C)CCCC[C@@H]2C[C@H]2O[C@@]12C. The number of fused-ring (bicyclic) bond motifs is 2. The lowest BCUT2D eigenvalue weighted by Crippen LogP contribution is -2.47. The van der Waals surface area contributed by atoms with Crippen molar-refractivity contribution in [2.24, 2.45) is 17.3 Å². The fourth-order valence-electron chi connectivity index (χ4n) is 4.24. The molecule has 0 unspecified atom stereocenters. The van der Waals surface area contributed by atoms with Gasteiger partial charge in [-0.25, -0.2) is 0 Å². The third-order valence-electron chi connectivity index (χ3n) is 5.78. The number of epoxide rings is 1. The summed E-state index contributed by atoms with van der Waals surface area (Å²) in [5.41, 5.74) is 0.836. The van der Waals surface area contributed by atoms with E-state index in [1.807, 2.05) is 0 Å². The zero-order valence-corrected chi connectivity index (χ0v) is 9.68. The molecular formula is C13H22O. The summed E-state index contributed by atoms with van der Waals surface area (Å²) in [5, 5.41) is 0. The van der Waals surface area contributed by atoms with Crippen LogP contribution in [0.3, 0.4) is 0 Å². The van der Waals surface area contributed by atoms with E-state index in [1.165, 1.54) is 32.1 Å². The van der Waals surface area contributed by atoms with Gasteiger partial charge in [0.25, 0.3) is 0 Å². The summed E-state index contributed by atoms with van der Waals surface area (Å²) in [4.78, 5) is 0. The summed E-state index contributed by atoms with van der Waals surface area (Å²) in [5.74, 6) is 1.71. The van der Waals surface area contributed by atoms with Crippen LogP contribution in [0.25, 0.3) is 0 Å². The normalized spacial score (nSPS) is 61.5. The molecule has 3 fully saturated rings. The Morgan fingerprint density at radius 2 is 2.00 bits per heavy atom. The molecule has 1 heterocycles. The zero-order valence-electron chi connectivity index (χ0n) is 9.68. The van der Waals surface area contributed by atoms with Crippen molar-refractivity contribution >= 4 is 0 Å². The fraction of sp³-hybridized carbons (Fsp3) is 1.00. The van der Waals surface area contributed by atoms with Gasteiger partial charge in [0.05, 0.1) is 11.7 Å². The van der Waals surface area contributed by atoms with E-state index in [4.69, 9.17) is 4.74 Å². The van der Waals surface area contributed by atoms with E-state index in [0.717, 1.165) is 11.8 Å². The molecule has 0 aromatic heterocycles. The molecule has 3 rings (SSSR count). The van der Waals surface area contributed by atoms with Crippen molar-refractivity contribution in [2.45, 2.75) is 64.6 Å². The Morgan fingerprint density at radius 1 is 1.21 bits per heavy atom. The molecule has 0 bridgehead atoms.